The first-order valence-corrected chi connectivity index (χ1v) is 19.6. The van der Waals surface area contributed by atoms with Crippen LogP contribution in [0.3, 0.4) is 0 Å². The molecule has 6 aromatic carbocycles. The molecule has 0 saturated heterocycles. The topological polar surface area (TPSA) is 110 Å². The zero-order chi connectivity index (χ0) is 41.1. The predicted molar refractivity (Wildman–Crippen MR) is 240 cm³/mol. The fourth-order valence-electron chi connectivity index (χ4n) is 5.75. The van der Waals surface area contributed by atoms with Crippen molar-refractivity contribution in [1.82, 2.24) is 4.98 Å². The van der Waals surface area contributed by atoms with Crippen molar-refractivity contribution in [2.45, 2.75) is 13.8 Å². The van der Waals surface area contributed by atoms with Crippen LogP contribution in [0.5, 0.6) is 5.88 Å². The van der Waals surface area contributed by atoms with Crippen LogP contribution in [0.15, 0.2) is 150 Å². The van der Waals surface area contributed by atoms with Gasteiger partial charge in [0.2, 0.25) is 10.6 Å². The molecule has 3 N–H and O–H groups in total. The van der Waals surface area contributed by atoms with Crippen LogP contribution >= 0.6 is 58.4 Å². The van der Waals surface area contributed by atoms with E-state index in [1.165, 1.54) is 0 Å². The minimum absolute atomic E-state index is 0.136. The molecule has 0 radical (unpaired) electrons. The number of aromatic hydroxyl groups is 1. The van der Waals surface area contributed by atoms with Gasteiger partial charge >= 0.3 is 0 Å². The van der Waals surface area contributed by atoms with Crippen LogP contribution < -0.4 is 10.5 Å². The molecule has 1 aromatic heterocycles. The lowest BCUT2D eigenvalue weighted by molar-refractivity contribution is -0.106. The van der Waals surface area contributed by atoms with Gasteiger partial charge in [0.05, 0.1) is 0 Å². The van der Waals surface area contributed by atoms with E-state index in [2.05, 4.69) is 4.98 Å². The van der Waals surface area contributed by atoms with Gasteiger partial charge < -0.3 is 10.8 Å². The molecule has 0 unspecified atom stereocenters. The standard InChI is InChI=1S/C23H16ClNO2S.C16H10Cl2O2.C7H7NS/c1-14-12-18(19(24)13-17(14)15-8-4-2-5-9-15)20-21(26)25-22(28-23(20)27)16-10-6-3-7-11-16;1-10-7-13(14(9-19)16(18)20)15(17)8-12(10)11-5-3-2-4-6-11;8-7(9)6-4-2-1-3-5-6/h2-13,26H,1H3;2-8H,1H3;1-5H,(H2,8,9). The Morgan fingerprint density at radius 2 is 1.16 bits per heavy atom. The molecule has 0 aliphatic rings. The van der Waals surface area contributed by atoms with Crippen LogP contribution in [0, 0.1) is 13.8 Å². The summed E-state index contributed by atoms with van der Waals surface area (Å²) in [5.74, 6) is 1.24. The fraction of sp³-hybridized carbons (Fsp3) is 0.0435. The van der Waals surface area contributed by atoms with Crippen LogP contribution in [-0.2, 0) is 9.59 Å². The SMILES string of the molecule is Cc1cc(-c2c(O)nc(-c3ccccc3)sc2=O)c(Cl)cc1-c1ccccc1.Cc1cc(C(=C=O)C(=O)Cl)c(Cl)cc1-c1ccccc1.NC(=S)c1ccccc1. The number of halogens is 3. The van der Waals surface area contributed by atoms with Gasteiger partial charge in [-0.25, -0.2) is 9.78 Å². The summed E-state index contributed by atoms with van der Waals surface area (Å²) in [7, 11) is 0. The third-order valence-electron chi connectivity index (χ3n) is 8.54. The number of aromatic nitrogens is 1. The predicted octanol–water partition coefficient (Wildman–Crippen LogP) is 11.8. The molecular formula is C46H33Cl3N2O4S2. The number of carbonyl (C=O) groups is 1. The normalized spacial score (nSPS) is 10.2. The summed E-state index contributed by atoms with van der Waals surface area (Å²) in [6.45, 7) is 3.84. The van der Waals surface area contributed by atoms with E-state index in [4.69, 9.17) is 52.8 Å². The molecule has 0 spiro atoms. The lowest BCUT2D eigenvalue weighted by atomic mass is 9.96. The minimum atomic E-state index is -0.867. The van der Waals surface area contributed by atoms with E-state index >= 15 is 0 Å². The molecule has 7 aromatic rings. The fourth-order valence-corrected chi connectivity index (χ4v) is 7.40. The molecule has 284 valence electrons. The number of carbonyl (C=O) groups excluding carboxylic acids is 2. The van der Waals surface area contributed by atoms with Crippen molar-refractivity contribution in [3.8, 4) is 49.8 Å². The van der Waals surface area contributed by atoms with Crippen LogP contribution in [-0.4, -0.2) is 26.3 Å². The number of allylic oxidation sites excluding steroid dienone is 1. The lowest BCUT2D eigenvalue weighted by Crippen LogP contribution is -2.08. The summed E-state index contributed by atoms with van der Waals surface area (Å²) in [6, 6.07) is 45.5. The highest BCUT2D eigenvalue weighted by atomic mass is 35.5. The van der Waals surface area contributed by atoms with Gasteiger partial charge in [0, 0.05) is 32.3 Å². The molecule has 0 saturated carbocycles. The molecule has 1 heterocycles. The molecule has 0 aliphatic heterocycles. The molecule has 6 nitrogen and oxygen atoms in total. The molecular weight excluding hydrogens is 815 g/mol. The maximum atomic E-state index is 12.8. The van der Waals surface area contributed by atoms with Gasteiger partial charge in [-0.05, 0) is 83.1 Å². The third kappa shape index (κ3) is 10.8. The van der Waals surface area contributed by atoms with E-state index in [0.29, 0.717) is 31.2 Å². The van der Waals surface area contributed by atoms with E-state index in [1.54, 1.807) is 18.1 Å². The second-order valence-electron chi connectivity index (χ2n) is 12.4. The molecule has 0 bridgehead atoms. The Kier molecular flexibility index (Phi) is 14.8. The minimum Gasteiger partial charge on any atom is -0.493 e. The highest BCUT2D eigenvalue weighted by molar-refractivity contribution is 7.80. The van der Waals surface area contributed by atoms with Crippen molar-refractivity contribution in [1.29, 1.82) is 0 Å². The van der Waals surface area contributed by atoms with Gasteiger partial charge in [-0.3, -0.25) is 9.59 Å². The summed E-state index contributed by atoms with van der Waals surface area (Å²) in [5.41, 5.74) is 13.6. The molecule has 0 aliphatic carbocycles. The van der Waals surface area contributed by atoms with Gasteiger partial charge in [-0.2, -0.15) is 0 Å². The quantitative estimate of drug-likeness (QED) is 0.0711. The van der Waals surface area contributed by atoms with Crippen molar-refractivity contribution < 1.29 is 14.7 Å². The van der Waals surface area contributed by atoms with E-state index in [0.717, 1.165) is 55.8 Å². The second kappa shape index (κ2) is 19.9. The number of nitrogens with zero attached hydrogens (tertiary/aromatic N) is 1. The summed E-state index contributed by atoms with van der Waals surface area (Å²) in [5, 5.41) is 10.8. The average Bonchev–Trinajstić information content (AvgIpc) is 3.22. The van der Waals surface area contributed by atoms with Crippen molar-refractivity contribution in [3.05, 3.63) is 187 Å². The molecule has 0 amide bonds. The maximum absolute atomic E-state index is 12.8. The average molecular weight is 848 g/mol. The first kappa shape index (κ1) is 42.4. The van der Waals surface area contributed by atoms with E-state index in [1.807, 2.05) is 147 Å². The van der Waals surface area contributed by atoms with Crippen LogP contribution in [0.25, 0.3) is 49.5 Å². The van der Waals surface area contributed by atoms with Gasteiger partial charge in [0.1, 0.15) is 27.1 Å². The Morgan fingerprint density at radius 1 is 0.702 bits per heavy atom. The van der Waals surface area contributed by atoms with Crippen LogP contribution in [0.2, 0.25) is 10.0 Å². The number of benzene rings is 6. The molecule has 0 atom stereocenters. The van der Waals surface area contributed by atoms with Crippen molar-refractivity contribution in [2.24, 2.45) is 5.73 Å². The van der Waals surface area contributed by atoms with Crippen molar-refractivity contribution >= 4 is 80.1 Å². The molecule has 11 heteroatoms. The largest absolute Gasteiger partial charge is 0.493 e. The highest BCUT2D eigenvalue weighted by Crippen LogP contribution is 2.38. The Hall–Kier alpha value is -5.70. The lowest BCUT2D eigenvalue weighted by Gasteiger charge is -2.12. The number of hydrogen-bond donors (Lipinski definition) is 2. The summed E-state index contributed by atoms with van der Waals surface area (Å²) < 4.78 is -0.278. The zero-order valence-electron chi connectivity index (χ0n) is 30.5. The summed E-state index contributed by atoms with van der Waals surface area (Å²) in [4.78, 5) is 39.6. The summed E-state index contributed by atoms with van der Waals surface area (Å²) >= 11 is 23.8. The number of rotatable bonds is 7. The van der Waals surface area contributed by atoms with Gasteiger partial charge in [-0.15, -0.1) is 0 Å². The second-order valence-corrected chi connectivity index (χ2v) is 14.9. The van der Waals surface area contributed by atoms with E-state index in [9.17, 15) is 19.5 Å². The van der Waals surface area contributed by atoms with Gasteiger partial charge in [0.15, 0.2) is 0 Å². The van der Waals surface area contributed by atoms with Crippen molar-refractivity contribution in [2.75, 3.05) is 0 Å². The Labute approximate surface area is 354 Å². The highest BCUT2D eigenvalue weighted by Gasteiger charge is 2.19. The van der Waals surface area contributed by atoms with E-state index in [-0.39, 0.29) is 21.8 Å². The van der Waals surface area contributed by atoms with Crippen LogP contribution in [0.1, 0.15) is 22.3 Å². The maximum Gasteiger partial charge on any atom is 0.264 e. The van der Waals surface area contributed by atoms with Crippen molar-refractivity contribution in [3.63, 3.8) is 0 Å². The molecule has 57 heavy (non-hydrogen) atoms. The number of thiocarbonyl (C=S) groups is 1. The van der Waals surface area contributed by atoms with Gasteiger partial charge in [-0.1, -0.05) is 168 Å². The van der Waals surface area contributed by atoms with E-state index < -0.39 is 5.24 Å². The number of nitrogens with two attached hydrogens (primary N) is 1. The molecule has 0 fully saturated rings. The Bertz CT molecular complexity index is 2650. The first-order valence-electron chi connectivity index (χ1n) is 17.2. The zero-order valence-corrected chi connectivity index (χ0v) is 34.4. The monoisotopic (exact) mass is 846 g/mol. The first-order chi connectivity index (χ1) is 27.4. The third-order valence-corrected chi connectivity index (χ3v) is 10.5. The Balaban J connectivity index is 0.000000185. The number of hydrogen-bond acceptors (Lipinski definition) is 7. The number of aryl methyl sites for hydroxylation is 2. The van der Waals surface area contributed by atoms with Gasteiger partial charge in [0.25, 0.3) is 5.24 Å². The Morgan fingerprint density at radius 3 is 1.60 bits per heavy atom. The van der Waals surface area contributed by atoms with Crippen LogP contribution in [0.4, 0.5) is 0 Å². The summed E-state index contributed by atoms with van der Waals surface area (Å²) in [6.07, 6.45) is 0. The molecule has 7 rings (SSSR count). The smallest absolute Gasteiger partial charge is 0.264 e.